The zero-order chi connectivity index (χ0) is 15.4. The molecule has 1 aliphatic heterocycles. The first-order valence-electron chi connectivity index (χ1n) is 7.51. The van der Waals surface area contributed by atoms with Crippen molar-refractivity contribution in [2.75, 3.05) is 6.54 Å². The lowest BCUT2D eigenvalue weighted by atomic mass is 10.2. The summed E-state index contributed by atoms with van der Waals surface area (Å²) in [5.74, 6) is 1.73. The predicted molar refractivity (Wildman–Crippen MR) is 80.5 cm³/mol. The number of nitrogens with one attached hydrogen (secondary N) is 2. The van der Waals surface area contributed by atoms with E-state index in [2.05, 4.69) is 30.2 Å². The second-order valence-corrected chi connectivity index (χ2v) is 5.48. The molecule has 116 valence electrons. The second-order valence-electron chi connectivity index (χ2n) is 5.48. The first-order valence-corrected chi connectivity index (χ1v) is 7.51. The van der Waals surface area contributed by atoms with Gasteiger partial charge < -0.3 is 10.3 Å². The molecule has 0 spiro atoms. The van der Waals surface area contributed by atoms with Crippen LogP contribution in [0.4, 0.5) is 0 Å². The summed E-state index contributed by atoms with van der Waals surface area (Å²) >= 11 is 0. The summed E-state index contributed by atoms with van der Waals surface area (Å²) in [6, 6.07) is 2.05. The van der Waals surface area contributed by atoms with Crippen LogP contribution in [-0.4, -0.2) is 37.3 Å². The Hall–Kier alpha value is -2.28. The number of amides is 1. The molecule has 7 nitrogen and oxygen atoms in total. The van der Waals surface area contributed by atoms with E-state index in [0.717, 1.165) is 43.3 Å². The molecule has 2 aromatic rings. The normalized spacial score (nSPS) is 18.5. The van der Waals surface area contributed by atoms with Gasteiger partial charge in [0, 0.05) is 25.5 Å². The summed E-state index contributed by atoms with van der Waals surface area (Å²) in [6.07, 6.45) is 7.55. The van der Waals surface area contributed by atoms with E-state index in [4.69, 9.17) is 0 Å². The zero-order valence-electron chi connectivity index (χ0n) is 12.6. The Labute approximate surface area is 129 Å². The van der Waals surface area contributed by atoms with Crippen molar-refractivity contribution in [1.29, 1.82) is 0 Å². The fourth-order valence-electron chi connectivity index (χ4n) is 2.77. The average molecular weight is 300 g/mol. The summed E-state index contributed by atoms with van der Waals surface area (Å²) in [6.45, 7) is 3.74. The van der Waals surface area contributed by atoms with Crippen LogP contribution in [0.25, 0.3) is 0 Å². The van der Waals surface area contributed by atoms with Crippen molar-refractivity contribution in [2.24, 2.45) is 0 Å². The minimum absolute atomic E-state index is 0.0551. The van der Waals surface area contributed by atoms with Crippen molar-refractivity contribution in [3.63, 3.8) is 0 Å². The molecule has 0 unspecified atom stereocenters. The maximum atomic E-state index is 11.0. The molecule has 2 aromatic heterocycles. The van der Waals surface area contributed by atoms with E-state index in [1.165, 1.54) is 6.92 Å². The largest absolute Gasteiger partial charge is 0.351 e. The van der Waals surface area contributed by atoms with Gasteiger partial charge in [-0.05, 0) is 25.5 Å². The van der Waals surface area contributed by atoms with E-state index in [9.17, 15) is 4.79 Å². The maximum Gasteiger partial charge on any atom is 0.217 e. The van der Waals surface area contributed by atoms with Crippen molar-refractivity contribution < 1.29 is 4.79 Å². The van der Waals surface area contributed by atoms with Gasteiger partial charge in [0.2, 0.25) is 5.91 Å². The summed E-state index contributed by atoms with van der Waals surface area (Å²) in [5, 5.41) is 2.77. The van der Waals surface area contributed by atoms with Crippen LogP contribution in [0.5, 0.6) is 0 Å². The van der Waals surface area contributed by atoms with Crippen molar-refractivity contribution in [3.8, 4) is 0 Å². The summed E-state index contributed by atoms with van der Waals surface area (Å²) in [5.41, 5.74) is 0.838. The molecule has 7 heteroatoms. The van der Waals surface area contributed by atoms with Crippen LogP contribution >= 0.6 is 0 Å². The third kappa shape index (κ3) is 3.48. The number of aromatic nitrogens is 4. The Morgan fingerprint density at radius 2 is 2.36 bits per heavy atom. The minimum atomic E-state index is -0.0551. The molecule has 0 radical (unpaired) electrons. The topological polar surface area (TPSA) is 86.8 Å². The third-order valence-corrected chi connectivity index (χ3v) is 3.82. The molecule has 1 saturated heterocycles. The maximum absolute atomic E-state index is 11.0. The quantitative estimate of drug-likeness (QED) is 0.865. The Morgan fingerprint density at radius 3 is 3.14 bits per heavy atom. The van der Waals surface area contributed by atoms with Gasteiger partial charge in [0.05, 0.1) is 24.8 Å². The number of aromatic amines is 1. The van der Waals surface area contributed by atoms with Gasteiger partial charge >= 0.3 is 0 Å². The lowest BCUT2D eigenvalue weighted by Gasteiger charge is -2.22. The van der Waals surface area contributed by atoms with Gasteiger partial charge in [-0.2, -0.15) is 0 Å². The molecule has 0 bridgehead atoms. The first kappa shape index (κ1) is 14.6. The molecule has 22 heavy (non-hydrogen) atoms. The molecule has 1 amide bonds. The van der Waals surface area contributed by atoms with E-state index >= 15 is 0 Å². The number of rotatable bonds is 5. The van der Waals surface area contributed by atoms with Crippen molar-refractivity contribution in [2.45, 2.75) is 38.9 Å². The lowest BCUT2D eigenvalue weighted by molar-refractivity contribution is -0.119. The minimum Gasteiger partial charge on any atom is -0.351 e. The van der Waals surface area contributed by atoms with Gasteiger partial charge in [0.15, 0.2) is 0 Å². The Morgan fingerprint density at radius 1 is 1.45 bits per heavy atom. The number of H-pyrrole nitrogens is 1. The van der Waals surface area contributed by atoms with E-state index in [0.29, 0.717) is 6.54 Å². The number of nitrogens with zero attached hydrogens (tertiary/aromatic N) is 4. The van der Waals surface area contributed by atoms with E-state index in [1.54, 1.807) is 12.4 Å². The van der Waals surface area contributed by atoms with Crippen molar-refractivity contribution in [3.05, 3.63) is 42.0 Å². The molecule has 0 saturated carbocycles. The fraction of sp³-hybridized carbons (Fsp3) is 0.467. The van der Waals surface area contributed by atoms with Gasteiger partial charge in [-0.25, -0.2) is 15.0 Å². The molecule has 3 heterocycles. The molecule has 3 rings (SSSR count). The molecule has 1 fully saturated rings. The van der Waals surface area contributed by atoms with Gasteiger partial charge in [0.25, 0.3) is 0 Å². The highest BCUT2D eigenvalue weighted by Crippen LogP contribution is 2.30. The van der Waals surface area contributed by atoms with Crippen molar-refractivity contribution >= 4 is 5.91 Å². The second kappa shape index (κ2) is 6.65. The monoisotopic (exact) mass is 300 g/mol. The highest BCUT2D eigenvalue weighted by molar-refractivity contribution is 5.72. The van der Waals surface area contributed by atoms with Gasteiger partial charge in [-0.1, -0.05) is 0 Å². The number of carbonyl (C=O) groups is 1. The number of likely N-dealkylation sites (tertiary alicyclic amines) is 1. The predicted octanol–water partition coefficient (Wildman–Crippen LogP) is 1.17. The van der Waals surface area contributed by atoms with Crippen LogP contribution in [0.15, 0.2) is 24.7 Å². The van der Waals surface area contributed by atoms with Crippen LogP contribution in [-0.2, 0) is 17.9 Å². The van der Waals surface area contributed by atoms with Gasteiger partial charge in [-0.15, -0.1) is 0 Å². The first-order chi connectivity index (χ1) is 10.7. The van der Waals surface area contributed by atoms with E-state index < -0.39 is 0 Å². The average Bonchev–Trinajstić information content (AvgIpc) is 3.18. The van der Waals surface area contributed by atoms with Gasteiger partial charge in [-0.3, -0.25) is 9.69 Å². The van der Waals surface area contributed by atoms with Crippen LogP contribution < -0.4 is 5.32 Å². The summed E-state index contributed by atoms with van der Waals surface area (Å²) in [4.78, 5) is 29.8. The number of imidazole rings is 1. The molecule has 1 aliphatic rings. The Kier molecular flexibility index (Phi) is 4.43. The number of carbonyl (C=O) groups excluding carboxylic acids is 1. The van der Waals surface area contributed by atoms with Crippen LogP contribution in [0.2, 0.25) is 0 Å². The highest BCUT2D eigenvalue weighted by Gasteiger charge is 2.28. The zero-order valence-corrected chi connectivity index (χ0v) is 12.6. The Balaban J connectivity index is 1.71. The SMILES string of the molecule is CC(=O)NCc1ccnc([C@H]2CCCN2Cc2ncc[nH]2)n1. The summed E-state index contributed by atoms with van der Waals surface area (Å²) < 4.78 is 0. The molecular formula is C15H20N6O. The third-order valence-electron chi connectivity index (χ3n) is 3.82. The number of hydrogen-bond acceptors (Lipinski definition) is 5. The summed E-state index contributed by atoms with van der Waals surface area (Å²) in [7, 11) is 0. The van der Waals surface area contributed by atoms with Crippen molar-refractivity contribution in [1.82, 2.24) is 30.2 Å². The van der Waals surface area contributed by atoms with Gasteiger partial charge in [0.1, 0.15) is 11.6 Å². The Bertz CT molecular complexity index is 627. The molecule has 0 aliphatic carbocycles. The van der Waals surface area contributed by atoms with E-state index in [1.807, 2.05) is 12.3 Å². The van der Waals surface area contributed by atoms with Crippen LogP contribution in [0.1, 0.15) is 43.1 Å². The fourth-order valence-corrected chi connectivity index (χ4v) is 2.77. The molecular weight excluding hydrogens is 280 g/mol. The highest BCUT2D eigenvalue weighted by atomic mass is 16.1. The molecule has 0 aromatic carbocycles. The van der Waals surface area contributed by atoms with Crippen LogP contribution in [0, 0.1) is 0 Å². The van der Waals surface area contributed by atoms with Crippen LogP contribution in [0.3, 0.4) is 0 Å². The molecule has 2 N–H and O–H groups in total. The standard InChI is InChI=1S/C15H20N6O/c1-11(22)19-9-12-4-5-18-15(20-12)13-3-2-8-21(13)10-14-16-6-7-17-14/h4-7,13H,2-3,8-10H2,1H3,(H,16,17)(H,19,22)/t13-/m1/s1. The molecule has 1 atom stereocenters. The lowest BCUT2D eigenvalue weighted by Crippen LogP contribution is -2.26. The number of hydrogen-bond donors (Lipinski definition) is 2. The smallest absolute Gasteiger partial charge is 0.217 e. The van der Waals surface area contributed by atoms with E-state index in [-0.39, 0.29) is 11.9 Å².